The molecular weight excluding hydrogens is 452 g/mol. The molecule has 2 aromatic heterocycles. The second-order valence-corrected chi connectivity index (χ2v) is 9.61. The zero-order valence-corrected chi connectivity index (χ0v) is 20.3. The number of carbonyl (C=O) groups is 2. The van der Waals surface area contributed by atoms with Crippen LogP contribution < -0.4 is 10.3 Å². The molecule has 0 saturated carbocycles. The third-order valence-electron chi connectivity index (χ3n) is 5.94. The molecule has 0 amide bonds. The average molecular weight is 483 g/mol. The zero-order chi connectivity index (χ0) is 23.9. The number of rotatable bonds is 11. The molecule has 180 valence electrons. The topological polar surface area (TPSA) is 87.0 Å². The van der Waals surface area contributed by atoms with E-state index in [9.17, 15) is 14.4 Å². The summed E-state index contributed by atoms with van der Waals surface area (Å²) >= 11 is 1.54. The van der Waals surface area contributed by atoms with Crippen LogP contribution in [-0.2, 0) is 29.0 Å². The van der Waals surface area contributed by atoms with Gasteiger partial charge in [-0.25, -0.2) is 4.98 Å². The molecular formula is C26H30N2O5S. The Hall–Kier alpha value is -3.00. The van der Waals surface area contributed by atoms with Gasteiger partial charge in [-0.3, -0.25) is 18.8 Å². The molecule has 2 heterocycles. The van der Waals surface area contributed by atoms with E-state index in [1.165, 1.54) is 22.3 Å². The van der Waals surface area contributed by atoms with Crippen LogP contribution in [0.15, 0.2) is 35.1 Å². The fraction of sp³-hybridized carbons (Fsp3) is 0.462. The highest BCUT2D eigenvalue weighted by molar-refractivity contribution is 7.17. The number of hydrogen-bond donors (Lipinski definition) is 0. The van der Waals surface area contributed by atoms with E-state index in [-0.39, 0.29) is 30.8 Å². The van der Waals surface area contributed by atoms with Crippen molar-refractivity contribution in [2.24, 2.45) is 0 Å². The average Bonchev–Trinajstić information content (AvgIpc) is 3.23. The van der Waals surface area contributed by atoms with E-state index in [1.54, 1.807) is 28.7 Å². The van der Waals surface area contributed by atoms with Gasteiger partial charge >= 0.3 is 5.97 Å². The number of nitrogens with zero attached hydrogens (tertiary/aromatic N) is 2. The fourth-order valence-electron chi connectivity index (χ4n) is 4.08. The normalized spacial score (nSPS) is 13.0. The molecule has 34 heavy (non-hydrogen) atoms. The number of Topliss-reactive ketones (excluding diaryl/α,β-unsaturated/α-hetero) is 1. The first-order chi connectivity index (χ1) is 16.5. The highest BCUT2D eigenvalue weighted by Gasteiger charge is 2.19. The standard InChI is InChI=1S/C26H30N2O5S/c1-2-3-6-15-32-20-11-9-18(10-12-20)22(29)13-14-25(31)33-17-19-16-24(30)28-21-7-4-5-8-23(21)34-26(28)27-19/h9-12,16H,2-8,13-15,17H2,1H3. The maximum Gasteiger partial charge on any atom is 0.306 e. The van der Waals surface area contributed by atoms with Crippen molar-refractivity contribution in [3.8, 4) is 5.75 Å². The third kappa shape index (κ3) is 5.91. The van der Waals surface area contributed by atoms with Gasteiger partial charge < -0.3 is 9.47 Å². The highest BCUT2D eigenvalue weighted by Crippen LogP contribution is 2.28. The van der Waals surface area contributed by atoms with E-state index in [0.29, 0.717) is 22.8 Å². The lowest BCUT2D eigenvalue weighted by molar-refractivity contribution is -0.145. The summed E-state index contributed by atoms with van der Waals surface area (Å²) in [4.78, 5) is 43.6. The quantitative estimate of drug-likeness (QED) is 0.219. The molecule has 0 spiro atoms. The van der Waals surface area contributed by atoms with Gasteiger partial charge in [0.2, 0.25) is 0 Å². The van der Waals surface area contributed by atoms with Gasteiger partial charge in [-0.05, 0) is 56.4 Å². The molecule has 3 aromatic rings. The number of hydrogen-bond acceptors (Lipinski definition) is 7. The molecule has 0 N–H and O–H groups in total. The van der Waals surface area contributed by atoms with Crippen LogP contribution in [0.5, 0.6) is 5.75 Å². The summed E-state index contributed by atoms with van der Waals surface area (Å²) in [5, 5.41) is 0. The Morgan fingerprint density at radius 2 is 1.88 bits per heavy atom. The van der Waals surface area contributed by atoms with E-state index >= 15 is 0 Å². The van der Waals surface area contributed by atoms with Crippen molar-refractivity contribution in [2.45, 2.75) is 71.3 Å². The first kappa shape index (κ1) is 24.1. The van der Waals surface area contributed by atoms with Crippen LogP contribution in [0.3, 0.4) is 0 Å². The third-order valence-corrected chi connectivity index (χ3v) is 7.09. The number of esters is 1. The molecule has 0 saturated heterocycles. The smallest absolute Gasteiger partial charge is 0.306 e. The van der Waals surface area contributed by atoms with Crippen LogP contribution >= 0.6 is 11.3 Å². The first-order valence-electron chi connectivity index (χ1n) is 12.0. The molecule has 0 bridgehead atoms. The fourth-order valence-corrected chi connectivity index (χ4v) is 5.31. The van der Waals surface area contributed by atoms with Gasteiger partial charge in [-0.1, -0.05) is 19.8 Å². The summed E-state index contributed by atoms with van der Waals surface area (Å²) in [5.74, 6) is 0.118. The Balaban J connectivity index is 1.26. The number of aryl methyl sites for hydroxylation is 2. The van der Waals surface area contributed by atoms with Crippen molar-refractivity contribution >= 4 is 28.1 Å². The minimum atomic E-state index is -0.489. The van der Waals surface area contributed by atoms with Crippen LogP contribution in [0, 0.1) is 0 Å². The van der Waals surface area contributed by atoms with Crippen molar-refractivity contribution in [3.63, 3.8) is 0 Å². The predicted molar refractivity (Wildman–Crippen MR) is 131 cm³/mol. The largest absolute Gasteiger partial charge is 0.494 e. The minimum Gasteiger partial charge on any atom is -0.494 e. The van der Waals surface area contributed by atoms with Crippen molar-refractivity contribution in [1.82, 2.24) is 9.38 Å². The van der Waals surface area contributed by atoms with E-state index in [4.69, 9.17) is 9.47 Å². The Kier molecular flexibility index (Phi) is 8.11. The number of thiazole rings is 1. The molecule has 1 aromatic carbocycles. The maximum atomic E-state index is 12.6. The Labute approximate surface area is 202 Å². The Bertz CT molecular complexity index is 1210. The summed E-state index contributed by atoms with van der Waals surface area (Å²) in [6.45, 7) is 2.73. The minimum absolute atomic E-state index is 0.0252. The molecule has 4 rings (SSSR count). The van der Waals surface area contributed by atoms with Crippen LogP contribution in [0.4, 0.5) is 0 Å². The first-order valence-corrected chi connectivity index (χ1v) is 12.8. The molecule has 1 aliphatic carbocycles. The van der Waals surface area contributed by atoms with Crippen molar-refractivity contribution < 1.29 is 19.1 Å². The maximum absolute atomic E-state index is 12.6. The van der Waals surface area contributed by atoms with Gasteiger partial charge in [0.05, 0.1) is 18.7 Å². The SMILES string of the molecule is CCCCCOc1ccc(C(=O)CCC(=O)OCc2cc(=O)n3c4c(sc3n2)CCCC4)cc1. The van der Waals surface area contributed by atoms with E-state index in [0.717, 1.165) is 56.4 Å². The van der Waals surface area contributed by atoms with Gasteiger partial charge in [0.1, 0.15) is 12.4 Å². The van der Waals surface area contributed by atoms with Gasteiger partial charge in [0, 0.05) is 28.6 Å². The van der Waals surface area contributed by atoms with E-state index in [1.807, 2.05) is 0 Å². The van der Waals surface area contributed by atoms with E-state index in [2.05, 4.69) is 11.9 Å². The summed E-state index contributed by atoms with van der Waals surface area (Å²) in [7, 11) is 0. The second-order valence-electron chi connectivity index (χ2n) is 8.55. The molecule has 0 radical (unpaired) electrons. The molecule has 0 aliphatic heterocycles. The molecule has 0 unspecified atom stereocenters. The van der Waals surface area contributed by atoms with Gasteiger partial charge in [-0.15, -0.1) is 11.3 Å². The predicted octanol–water partition coefficient (Wildman–Crippen LogP) is 4.91. The van der Waals surface area contributed by atoms with E-state index < -0.39 is 5.97 Å². The summed E-state index contributed by atoms with van der Waals surface area (Å²) in [5.41, 5.74) is 1.90. The lowest BCUT2D eigenvalue weighted by atomic mass is 10.0. The lowest BCUT2D eigenvalue weighted by Crippen LogP contribution is -2.18. The molecule has 0 fully saturated rings. The molecule has 8 heteroatoms. The lowest BCUT2D eigenvalue weighted by Gasteiger charge is -2.10. The number of aromatic nitrogens is 2. The van der Waals surface area contributed by atoms with Crippen LogP contribution in [-0.4, -0.2) is 27.7 Å². The number of carbonyl (C=O) groups excluding carboxylic acids is 2. The van der Waals surface area contributed by atoms with Crippen molar-refractivity contribution in [2.75, 3.05) is 6.61 Å². The zero-order valence-electron chi connectivity index (χ0n) is 19.5. The van der Waals surface area contributed by atoms with Crippen LogP contribution in [0.1, 0.15) is 78.5 Å². The van der Waals surface area contributed by atoms with Crippen molar-refractivity contribution in [3.05, 3.63) is 62.5 Å². The number of ether oxygens (including phenoxy) is 2. The highest BCUT2D eigenvalue weighted by atomic mass is 32.1. The second kappa shape index (κ2) is 11.4. The number of fused-ring (bicyclic) bond motifs is 3. The Morgan fingerprint density at radius 1 is 1.09 bits per heavy atom. The van der Waals surface area contributed by atoms with Gasteiger partial charge in [0.15, 0.2) is 10.7 Å². The summed E-state index contributed by atoms with van der Waals surface area (Å²) in [6, 6.07) is 8.42. The summed E-state index contributed by atoms with van der Waals surface area (Å²) in [6.07, 6.45) is 7.40. The monoisotopic (exact) mass is 482 g/mol. The van der Waals surface area contributed by atoms with Gasteiger partial charge in [0.25, 0.3) is 5.56 Å². The summed E-state index contributed by atoms with van der Waals surface area (Å²) < 4.78 is 12.6. The number of ketones is 1. The van der Waals surface area contributed by atoms with Crippen LogP contribution in [0.2, 0.25) is 0 Å². The van der Waals surface area contributed by atoms with Crippen LogP contribution in [0.25, 0.3) is 4.96 Å². The van der Waals surface area contributed by atoms with Crippen molar-refractivity contribution in [1.29, 1.82) is 0 Å². The number of benzene rings is 1. The molecule has 7 nitrogen and oxygen atoms in total. The molecule has 0 atom stereocenters. The van der Waals surface area contributed by atoms with Gasteiger partial charge in [-0.2, -0.15) is 0 Å². The Morgan fingerprint density at radius 3 is 2.68 bits per heavy atom. The molecule has 1 aliphatic rings. The number of unbranched alkanes of at least 4 members (excludes halogenated alkanes) is 2.